The van der Waals surface area contributed by atoms with Gasteiger partial charge in [-0.1, -0.05) is 85.6 Å². The Kier molecular flexibility index (Phi) is 10.8. The second-order valence-electron chi connectivity index (χ2n) is 15.3. The highest BCUT2D eigenvalue weighted by atomic mass is 32.2. The van der Waals surface area contributed by atoms with Gasteiger partial charge in [0.2, 0.25) is 11.8 Å². The van der Waals surface area contributed by atoms with E-state index in [1.165, 1.54) is 82.8 Å². The molecule has 1 heterocycles. The summed E-state index contributed by atoms with van der Waals surface area (Å²) in [5.41, 5.74) is 0.324. The summed E-state index contributed by atoms with van der Waals surface area (Å²) in [7, 11) is 2.00. The molecular formula is C35H60N2O2S. The van der Waals surface area contributed by atoms with E-state index >= 15 is 0 Å². The molecule has 3 fully saturated rings. The topological polar surface area (TPSA) is 49.4 Å². The summed E-state index contributed by atoms with van der Waals surface area (Å²) >= 11 is 2.09. The summed E-state index contributed by atoms with van der Waals surface area (Å²) in [6.07, 6.45) is 23.6. The molecule has 4 nitrogen and oxygen atoms in total. The summed E-state index contributed by atoms with van der Waals surface area (Å²) in [6.45, 7) is 11.8. The Hall–Kier alpha value is -0.970. The van der Waals surface area contributed by atoms with Crippen molar-refractivity contribution >= 4 is 23.6 Å². The van der Waals surface area contributed by atoms with E-state index in [1.54, 1.807) is 0 Å². The molecule has 4 rings (SSSR count). The first-order chi connectivity index (χ1) is 19.0. The number of hydrogen-bond acceptors (Lipinski definition) is 3. The van der Waals surface area contributed by atoms with Crippen molar-refractivity contribution in [2.75, 3.05) is 12.8 Å². The molecule has 1 N–H and O–H groups in total. The molecule has 228 valence electrons. The molecule has 0 aromatic rings. The quantitative estimate of drug-likeness (QED) is 0.225. The van der Waals surface area contributed by atoms with E-state index in [4.69, 9.17) is 0 Å². The molecular weight excluding hydrogens is 512 g/mol. The van der Waals surface area contributed by atoms with E-state index in [0.717, 1.165) is 25.2 Å². The van der Waals surface area contributed by atoms with E-state index < -0.39 is 0 Å². The minimum atomic E-state index is 0.0967. The fourth-order valence-electron chi connectivity index (χ4n) is 9.25. The largest absolute Gasteiger partial charge is 0.353 e. The van der Waals surface area contributed by atoms with Crippen LogP contribution in [0.15, 0.2) is 12.2 Å². The zero-order valence-electron chi connectivity index (χ0n) is 26.7. The highest BCUT2D eigenvalue weighted by molar-refractivity contribution is 8.00. The molecule has 0 aromatic heterocycles. The highest BCUT2D eigenvalue weighted by Gasteiger charge is 2.60. The van der Waals surface area contributed by atoms with Crippen LogP contribution in [-0.2, 0) is 9.59 Å². The number of carbonyl (C=O) groups excluding carboxylic acids is 2. The average molecular weight is 573 g/mol. The van der Waals surface area contributed by atoms with Gasteiger partial charge in [0.15, 0.2) is 0 Å². The number of hydrogen-bond donors (Lipinski definition) is 1. The number of likely N-dealkylation sites (N-methyl/N-ethyl adjacent to an activating group) is 1. The zero-order chi connectivity index (χ0) is 29.0. The maximum atomic E-state index is 13.0. The third-order valence-corrected chi connectivity index (χ3v) is 12.9. The van der Waals surface area contributed by atoms with Crippen LogP contribution in [0.5, 0.6) is 0 Å². The average Bonchev–Trinajstić information content (AvgIpc) is 3.22. The molecule has 3 aliphatic carbocycles. The standard InChI is InChI=1S/C35H60N2O2S/c1-33(2,3)40-25-15-13-11-9-7-8-10-12-14-16-31(38)36-29-19-18-27-26-17-20-30-35(5,24-22-32(39)37(30)6)28(26)21-23-34(27,29)4/h22,24,26-30H,7-21,23,25H2,1-6H3,(H,36,38)/t26-,27-,28-,29-,30+,34-,35+/m0/s1. The van der Waals surface area contributed by atoms with E-state index in [0.29, 0.717) is 35.1 Å². The second kappa shape index (κ2) is 13.6. The van der Waals surface area contributed by atoms with E-state index in [2.05, 4.69) is 57.8 Å². The minimum Gasteiger partial charge on any atom is -0.353 e. The lowest BCUT2D eigenvalue weighted by molar-refractivity contribution is -0.138. The van der Waals surface area contributed by atoms with Crippen molar-refractivity contribution in [2.45, 2.75) is 154 Å². The van der Waals surface area contributed by atoms with Crippen LogP contribution in [0.2, 0.25) is 0 Å². The Morgan fingerprint density at radius 1 is 0.925 bits per heavy atom. The SMILES string of the molecule is CN1C(=O)C=C[C@]2(C)[C@H]3CC[C@]4(C)[C@@H](NC(=O)CCCCCCCCCCCSC(C)(C)C)CC[C@H]4[C@@H]3CC[C@@H]12. The number of nitrogens with one attached hydrogen (secondary N) is 1. The van der Waals surface area contributed by atoms with E-state index in [1.807, 2.05) is 18.0 Å². The van der Waals surface area contributed by atoms with Crippen molar-refractivity contribution in [3.63, 3.8) is 0 Å². The molecule has 0 radical (unpaired) electrons. The van der Waals surface area contributed by atoms with Crippen LogP contribution in [0.4, 0.5) is 0 Å². The predicted molar refractivity (Wildman–Crippen MR) is 170 cm³/mol. The predicted octanol–water partition coefficient (Wildman–Crippen LogP) is 8.54. The van der Waals surface area contributed by atoms with Crippen LogP contribution < -0.4 is 5.32 Å². The summed E-state index contributed by atoms with van der Waals surface area (Å²) in [4.78, 5) is 27.3. The Morgan fingerprint density at radius 2 is 1.57 bits per heavy atom. The van der Waals surface area contributed by atoms with Crippen LogP contribution in [0, 0.1) is 28.6 Å². The lowest BCUT2D eigenvalue weighted by atomic mass is 9.48. The van der Waals surface area contributed by atoms with Gasteiger partial charge in [-0.25, -0.2) is 0 Å². The van der Waals surface area contributed by atoms with Gasteiger partial charge < -0.3 is 10.2 Å². The van der Waals surface area contributed by atoms with Gasteiger partial charge in [0.25, 0.3) is 0 Å². The Morgan fingerprint density at radius 3 is 2.25 bits per heavy atom. The first kappa shape index (κ1) is 32.0. The summed E-state index contributed by atoms with van der Waals surface area (Å²) < 4.78 is 0.403. The normalized spacial score (nSPS) is 35.3. The summed E-state index contributed by atoms with van der Waals surface area (Å²) in [5, 5.41) is 3.53. The number of rotatable bonds is 13. The Labute approximate surface area is 250 Å². The lowest BCUT2D eigenvalue weighted by Crippen LogP contribution is -2.60. The van der Waals surface area contributed by atoms with Crippen LogP contribution in [0.3, 0.4) is 0 Å². The molecule has 5 heteroatoms. The molecule has 40 heavy (non-hydrogen) atoms. The molecule has 4 aliphatic rings. The van der Waals surface area contributed by atoms with E-state index in [9.17, 15) is 9.59 Å². The van der Waals surface area contributed by atoms with Crippen LogP contribution in [-0.4, -0.2) is 46.3 Å². The number of thioether (sulfide) groups is 1. The van der Waals surface area contributed by atoms with Gasteiger partial charge in [-0.05, 0) is 86.4 Å². The van der Waals surface area contributed by atoms with Crippen molar-refractivity contribution in [1.29, 1.82) is 0 Å². The molecule has 2 amide bonds. The zero-order valence-corrected chi connectivity index (χ0v) is 27.6. The number of carbonyl (C=O) groups is 2. The first-order valence-electron chi connectivity index (χ1n) is 16.8. The smallest absolute Gasteiger partial charge is 0.246 e. The van der Waals surface area contributed by atoms with Crippen molar-refractivity contribution in [2.24, 2.45) is 28.6 Å². The van der Waals surface area contributed by atoms with Gasteiger partial charge in [-0.2, -0.15) is 11.8 Å². The summed E-state index contributed by atoms with van der Waals surface area (Å²) in [6, 6.07) is 0.680. The van der Waals surface area contributed by atoms with Gasteiger partial charge in [-0.15, -0.1) is 0 Å². The monoisotopic (exact) mass is 572 g/mol. The number of unbranched alkanes of at least 4 members (excludes halogenated alkanes) is 8. The van der Waals surface area contributed by atoms with Crippen molar-refractivity contribution in [3.8, 4) is 0 Å². The van der Waals surface area contributed by atoms with E-state index in [-0.39, 0.29) is 22.6 Å². The first-order valence-corrected chi connectivity index (χ1v) is 17.8. The molecule has 3 saturated carbocycles. The molecule has 0 aromatic carbocycles. The molecule has 1 aliphatic heterocycles. The molecule has 0 saturated heterocycles. The van der Waals surface area contributed by atoms with Gasteiger partial charge in [-0.3, -0.25) is 9.59 Å². The highest BCUT2D eigenvalue weighted by Crippen LogP contribution is 2.63. The third-order valence-electron chi connectivity index (χ3n) is 11.5. The second-order valence-corrected chi connectivity index (χ2v) is 17.2. The molecule has 0 bridgehead atoms. The van der Waals surface area contributed by atoms with Gasteiger partial charge in [0, 0.05) is 35.7 Å². The van der Waals surface area contributed by atoms with Gasteiger partial charge >= 0.3 is 0 Å². The fraction of sp³-hybridized carbons (Fsp3) is 0.886. The molecule has 7 atom stereocenters. The Balaban J connectivity index is 1.12. The molecule has 0 unspecified atom stereocenters. The van der Waals surface area contributed by atoms with Crippen molar-refractivity contribution in [1.82, 2.24) is 10.2 Å². The summed E-state index contributed by atoms with van der Waals surface area (Å²) in [5.74, 6) is 3.82. The minimum absolute atomic E-state index is 0.0967. The van der Waals surface area contributed by atoms with Crippen molar-refractivity contribution < 1.29 is 9.59 Å². The number of nitrogens with zero attached hydrogens (tertiary/aromatic N) is 1. The lowest BCUT2D eigenvalue weighted by Gasteiger charge is -2.60. The number of amides is 2. The maximum Gasteiger partial charge on any atom is 0.246 e. The fourth-order valence-corrected chi connectivity index (χ4v) is 10.2. The van der Waals surface area contributed by atoms with Crippen LogP contribution in [0.1, 0.15) is 137 Å². The van der Waals surface area contributed by atoms with Crippen LogP contribution >= 0.6 is 11.8 Å². The Bertz CT molecular complexity index is 896. The molecule has 0 spiro atoms. The van der Waals surface area contributed by atoms with Gasteiger partial charge in [0.05, 0.1) is 0 Å². The maximum absolute atomic E-state index is 13.0. The van der Waals surface area contributed by atoms with Gasteiger partial charge in [0.1, 0.15) is 0 Å². The number of fused-ring (bicyclic) bond motifs is 5. The third kappa shape index (κ3) is 7.32. The van der Waals surface area contributed by atoms with Crippen molar-refractivity contribution in [3.05, 3.63) is 12.2 Å². The van der Waals surface area contributed by atoms with Crippen LogP contribution in [0.25, 0.3) is 0 Å².